The average molecular weight is 435 g/mol. The molecule has 3 heteroatoms. The first-order valence-electron chi connectivity index (χ1n) is 7.73. The number of hydrogen-bond donors (Lipinski definition) is 0. The first-order chi connectivity index (χ1) is 10.2. The average Bonchev–Trinajstić information content (AvgIpc) is 3.14. The fraction of sp³-hybridized carbons (Fsp3) is 0.238. The van der Waals surface area contributed by atoms with Crippen molar-refractivity contribution in [3.63, 3.8) is 0 Å². The summed E-state index contributed by atoms with van der Waals surface area (Å²) in [5.74, 6) is 0.962. The molecule has 0 saturated carbocycles. The van der Waals surface area contributed by atoms with Crippen molar-refractivity contribution in [1.29, 1.82) is 0 Å². The fourth-order valence-electron chi connectivity index (χ4n) is 4.08. The number of halogens is 2. The largest absolute Gasteiger partial charge is 2.00 e. The molecule has 0 unspecified atom stereocenters. The number of allylic oxidation sites excluding steroid dienone is 4. The van der Waals surface area contributed by atoms with E-state index in [1.54, 1.807) is 0 Å². The van der Waals surface area contributed by atoms with E-state index in [0.29, 0.717) is 11.8 Å². The molecular weight excluding hydrogens is 414 g/mol. The van der Waals surface area contributed by atoms with Gasteiger partial charge in [-0.05, 0) is 27.7 Å². The van der Waals surface area contributed by atoms with Crippen LogP contribution in [0.15, 0.2) is 72.8 Å². The molecule has 0 aliphatic heterocycles. The van der Waals surface area contributed by atoms with E-state index in [-0.39, 0.29) is 56.4 Å². The van der Waals surface area contributed by atoms with Gasteiger partial charge in [0.05, 0.1) is 0 Å². The van der Waals surface area contributed by atoms with Gasteiger partial charge in [-0.15, -0.1) is 0 Å². The first kappa shape index (κ1) is 21.4. The van der Waals surface area contributed by atoms with Crippen LogP contribution in [-0.2, 0) is 26.2 Å². The van der Waals surface area contributed by atoms with Gasteiger partial charge in [-0.25, -0.2) is 0 Å². The molecule has 0 fully saturated rings. The van der Waals surface area contributed by atoms with Gasteiger partial charge in [0.2, 0.25) is 0 Å². The molecule has 0 heterocycles. The molecule has 0 radical (unpaired) electrons. The summed E-state index contributed by atoms with van der Waals surface area (Å²) in [6.45, 7) is 4.81. The maximum Gasteiger partial charge on any atom is 2.00 e. The van der Waals surface area contributed by atoms with Gasteiger partial charge in [0, 0.05) is 11.8 Å². The third-order valence-corrected chi connectivity index (χ3v) is 5.18. The molecule has 2 aliphatic carbocycles. The van der Waals surface area contributed by atoms with Crippen LogP contribution in [0.4, 0.5) is 0 Å². The summed E-state index contributed by atoms with van der Waals surface area (Å²) in [4.78, 5) is 0. The SMILES string of the molecule is CC(C)(C1C=CC=C1)C1c2ccccc2-c2ccccc21.[Cl-].[Cl-].[Zr+2]. The standard InChI is InChI=1S/C21H20.2ClH.Zr/c1-21(2,15-9-3-4-10-15)20-18-13-7-5-11-16(18)17-12-6-8-14-19(17)20;;;/h3-15,20H,1-2H3;2*1H;/q;;;+2/p-2. The van der Waals surface area contributed by atoms with Crippen LogP contribution in [0.5, 0.6) is 0 Å². The van der Waals surface area contributed by atoms with Crippen molar-refractivity contribution < 1.29 is 51.0 Å². The Balaban J connectivity index is 0.000000960. The van der Waals surface area contributed by atoms with E-state index < -0.39 is 0 Å². The Bertz CT molecular complexity index is 704. The Morgan fingerprint density at radius 1 is 0.708 bits per heavy atom. The molecule has 2 aliphatic rings. The molecule has 2 aromatic carbocycles. The Hall–Kier alpha value is -0.617. The van der Waals surface area contributed by atoms with Crippen LogP contribution in [0.25, 0.3) is 11.1 Å². The molecule has 0 saturated heterocycles. The van der Waals surface area contributed by atoms with E-state index in [9.17, 15) is 0 Å². The molecule has 122 valence electrons. The second kappa shape index (κ2) is 8.17. The van der Waals surface area contributed by atoms with Crippen molar-refractivity contribution in [3.05, 3.63) is 84.0 Å². The zero-order chi connectivity index (χ0) is 14.4. The maximum absolute atomic E-state index is 2.40. The third-order valence-electron chi connectivity index (χ3n) is 5.18. The molecule has 0 nitrogen and oxygen atoms in total. The van der Waals surface area contributed by atoms with E-state index in [1.807, 2.05) is 0 Å². The number of rotatable bonds is 2. The molecule has 0 bridgehead atoms. The van der Waals surface area contributed by atoms with E-state index in [2.05, 4.69) is 86.7 Å². The van der Waals surface area contributed by atoms with Gasteiger partial charge in [-0.3, -0.25) is 0 Å². The number of benzene rings is 2. The molecule has 24 heavy (non-hydrogen) atoms. The molecule has 0 aromatic heterocycles. The Morgan fingerprint density at radius 3 is 1.58 bits per heavy atom. The quantitative estimate of drug-likeness (QED) is 0.602. The van der Waals surface area contributed by atoms with Crippen molar-refractivity contribution in [2.75, 3.05) is 0 Å². The molecule has 0 atom stereocenters. The van der Waals surface area contributed by atoms with Gasteiger partial charge in [0.25, 0.3) is 0 Å². The minimum atomic E-state index is 0. The van der Waals surface area contributed by atoms with Gasteiger partial charge >= 0.3 is 26.2 Å². The Labute approximate surface area is 176 Å². The zero-order valence-electron chi connectivity index (χ0n) is 13.8. The summed E-state index contributed by atoms with van der Waals surface area (Å²) < 4.78 is 0. The second-order valence-electron chi connectivity index (χ2n) is 6.72. The van der Waals surface area contributed by atoms with Crippen molar-refractivity contribution in [1.82, 2.24) is 0 Å². The minimum absolute atomic E-state index is 0. The second-order valence-corrected chi connectivity index (χ2v) is 6.72. The summed E-state index contributed by atoms with van der Waals surface area (Å²) in [5, 5.41) is 0. The van der Waals surface area contributed by atoms with Crippen LogP contribution in [0.1, 0.15) is 30.9 Å². The van der Waals surface area contributed by atoms with Crippen molar-refractivity contribution in [3.8, 4) is 11.1 Å². The smallest absolute Gasteiger partial charge is 1.00 e. The summed E-state index contributed by atoms with van der Waals surface area (Å²) in [6, 6.07) is 17.8. The van der Waals surface area contributed by atoms with Gasteiger partial charge in [0.1, 0.15) is 0 Å². The normalized spacial score (nSPS) is 15.1. The van der Waals surface area contributed by atoms with E-state index >= 15 is 0 Å². The van der Waals surface area contributed by atoms with Crippen LogP contribution >= 0.6 is 0 Å². The third kappa shape index (κ3) is 3.24. The van der Waals surface area contributed by atoms with Crippen LogP contribution in [-0.4, -0.2) is 0 Å². The van der Waals surface area contributed by atoms with Crippen LogP contribution in [0.2, 0.25) is 0 Å². The van der Waals surface area contributed by atoms with Crippen LogP contribution < -0.4 is 24.8 Å². The predicted molar refractivity (Wildman–Crippen MR) is 89.3 cm³/mol. The number of hydrogen-bond acceptors (Lipinski definition) is 0. The van der Waals surface area contributed by atoms with E-state index in [1.165, 1.54) is 22.3 Å². The van der Waals surface area contributed by atoms with Crippen molar-refractivity contribution >= 4 is 0 Å². The number of fused-ring (bicyclic) bond motifs is 3. The molecule has 2 aromatic rings. The summed E-state index contributed by atoms with van der Waals surface area (Å²) in [6.07, 6.45) is 9.03. The monoisotopic (exact) mass is 432 g/mol. The summed E-state index contributed by atoms with van der Waals surface area (Å²) in [7, 11) is 0. The molecule has 4 rings (SSSR count). The Morgan fingerprint density at radius 2 is 1.12 bits per heavy atom. The first-order valence-corrected chi connectivity index (χ1v) is 7.73. The zero-order valence-corrected chi connectivity index (χ0v) is 17.8. The van der Waals surface area contributed by atoms with Gasteiger partial charge in [0.15, 0.2) is 0 Å². The predicted octanol–water partition coefficient (Wildman–Crippen LogP) is -0.427. The summed E-state index contributed by atoms with van der Waals surface area (Å²) in [5.41, 5.74) is 5.97. The summed E-state index contributed by atoms with van der Waals surface area (Å²) >= 11 is 0. The molecule has 0 N–H and O–H groups in total. The fourth-order valence-corrected chi connectivity index (χ4v) is 4.08. The van der Waals surface area contributed by atoms with Gasteiger partial charge < -0.3 is 24.8 Å². The van der Waals surface area contributed by atoms with Gasteiger partial charge in [-0.1, -0.05) is 86.7 Å². The maximum atomic E-state index is 2.40. The van der Waals surface area contributed by atoms with E-state index in [4.69, 9.17) is 0 Å². The Kier molecular flexibility index (Phi) is 7.30. The minimum Gasteiger partial charge on any atom is -1.00 e. The van der Waals surface area contributed by atoms with Crippen LogP contribution in [0.3, 0.4) is 0 Å². The van der Waals surface area contributed by atoms with Crippen LogP contribution in [0, 0.1) is 11.3 Å². The molecule has 0 amide bonds. The van der Waals surface area contributed by atoms with Crippen molar-refractivity contribution in [2.45, 2.75) is 19.8 Å². The van der Waals surface area contributed by atoms with Gasteiger partial charge in [-0.2, -0.15) is 0 Å². The van der Waals surface area contributed by atoms with E-state index in [0.717, 1.165) is 0 Å². The molecule has 0 spiro atoms. The topological polar surface area (TPSA) is 0 Å². The molecular formula is C21H20Cl2Zr. The van der Waals surface area contributed by atoms with Crippen molar-refractivity contribution in [2.24, 2.45) is 11.3 Å².